The van der Waals surface area contributed by atoms with E-state index < -0.39 is 16.1 Å². The normalized spacial score (nSPS) is 10.3. The maximum Gasteiger partial charge on any atom is 1.00 e. The molecule has 0 fully saturated rings. The van der Waals surface area contributed by atoms with Crippen LogP contribution in [-0.4, -0.2) is 41.0 Å². The summed E-state index contributed by atoms with van der Waals surface area (Å²) in [7, 11) is -4.36. The third-order valence-electron chi connectivity index (χ3n) is 3.34. The Morgan fingerprint density at radius 1 is 0.885 bits per heavy atom. The van der Waals surface area contributed by atoms with Crippen LogP contribution in [0.25, 0.3) is 0 Å². The minimum atomic E-state index is -4.36. The van der Waals surface area contributed by atoms with Crippen molar-refractivity contribution in [3.05, 3.63) is 59.7 Å². The Labute approximate surface area is 175 Å². The molecule has 0 unspecified atom stereocenters. The van der Waals surface area contributed by atoms with Gasteiger partial charge in [-0.05, 0) is 35.4 Å². The van der Waals surface area contributed by atoms with E-state index in [1.165, 1.54) is 0 Å². The number of aromatic hydroxyl groups is 2. The summed E-state index contributed by atoms with van der Waals surface area (Å²) in [5.41, 5.74) is 2.10. The van der Waals surface area contributed by atoms with Crippen molar-refractivity contribution in [2.24, 2.45) is 0 Å². The van der Waals surface area contributed by atoms with Gasteiger partial charge in [0.1, 0.15) is 34.3 Å². The van der Waals surface area contributed by atoms with Crippen LogP contribution in [0.15, 0.2) is 48.5 Å². The average Bonchev–Trinajstić information content (AvgIpc) is 2.57. The smallest absolute Gasteiger partial charge is 0.746 e. The van der Waals surface area contributed by atoms with Crippen molar-refractivity contribution in [1.29, 1.82) is 0 Å². The molecule has 0 aliphatic carbocycles. The van der Waals surface area contributed by atoms with Gasteiger partial charge >= 0.3 is 29.6 Å². The van der Waals surface area contributed by atoms with Gasteiger partial charge in [-0.3, -0.25) is 0 Å². The number of phenols is 2. The topological polar surface area (TPSA) is 135 Å². The summed E-state index contributed by atoms with van der Waals surface area (Å²) in [6.07, 6.45) is 0. The minimum absolute atomic E-state index is 0. The van der Waals surface area contributed by atoms with Gasteiger partial charge in [0.15, 0.2) is 0 Å². The molecule has 0 aliphatic rings. The molecule has 138 valence electrons. The van der Waals surface area contributed by atoms with Crippen molar-refractivity contribution in [2.45, 2.75) is 19.3 Å². The maximum atomic E-state index is 9.30. The molecular formula is C17H21NaO7S. The van der Waals surface area contributed by atoms with Crippen molar-refractivity contribution < 1.29 is 62.6 Å². The SMILES string of the molecule is C=O.CC(C)(c1ccc(O)cc1)c1ccc(O)cc1.O=S(=O)([O-])CO.[Na+]. The summed E-state index contributed by atoms with van der Waals surface area (Å²) >= 11 is 0. The van der Waals surface area contributed by atoms with Crippen LogP contribution in [0.1, 0.15) is 25.0 Å². The number of rotatable bonds is 3. The first-order valence-electron chi connectivity index (χ1n) is 6.98. The van der Waals surface area contributed by atoms with E-state index in [9.17, 15) is 23.2 Å². The molecule has 0 amide bonds. The zero-order valence-corrected chi connectivity index (χ0v) is 17.7. The van der Waals surface area contributed by atoms with Crippen LogP contribution in [0.5, 0.6) is 11.5 Å². The van der Waals surface area contributed by atoms with Crippen LogP contribution in [0, 0.1) is 0 Å². The summed E-state index contributed by atoms with van der Waals surface area (Å²) in [5.74, 6) is -0.766. The van der Waals surface area contributed by atoms with Gasteiger partial charge in [-0.15, -0.1) is 0 Å². The molecule has 0 radical (unpaired) electrons. The summed E-state index contributed by atoms with van der Waals surface area (Å²) < 4.78 is 27.6. The molecule has 0 heterocycles. The van der Waals surface area contributed by atoms with Crippen LogP contribution < -0.4 is 29.6 Å². The number of hydrogen-bond donors (Lipinski definition) is 3. The third-order valence-corrected chi connectivity index (χ3v) is 3.65. The van der Waals surface area contributed by atoms with Crippen molar-refractivity contribution in [2.75, 3.05) is 5.94 Å². The van der Waals surface area contributed by atoms with E-state index in [-0.39, 0.29) is 46.5 Å². The number of benzene rings is 2. The number of aliphatic hydroxyl groups excluding tert-OH is 1. The molecule has 9 heteroatoms. The molecule has 2 aromatic carbocycles. The fraction of sp³-hybridized carbons (Fsp3) is 0.235. The predicted molar refractivity (Wildman–Crippen MR) is 92.2 cm³/mol. The molecule has 0 spiro atoms. The summed E-state index contributed by atoms with van der Waals surface area (Å²) in [5, 5.41) is 26.1. The van der Waals surface area contributed by atoms with Crippen LogP contribution in [0.2, 0.25) is 0 Å². The number of carbonyl (C=O) groups excluding carboxylic acids is 1. The second-order valence-electron chi connectivity index (χ2n) is 5.41. The molecular weight excluding hydrogens is 371 g/mol. The van der Waals surface area contributed by atoms with Crippen LogP contribution in [0.3, 0.4) is 0 Å². The molecule has 2 aromatic rings. The fourth-order valence-electron chi connectivity index (χ4n) is 1.92. The maximum absolute atomic E-state index is 9.30. The predicted octanol–water partition coefficient (Wildman–Crippen LogP) is -1.28. The minimum Gasteiger partial charge on any atom is -0.746 e. The second-order valence-corrected chi connectivity index (χ2v) is 6.78. The van der Waals surface area contributed by atoms with Gasteiger partial charge in [-0.1, -0.05) is 38.1 Å². The van der Waals surface area contributed by atoms with Gasteiger partial charge in [0.25, 0.3) is 0 Å². The van der Waals surface area contributed by atoms with Crippen molar-refractivity contribution in [3.63, 3.8) is 0 Å². The zero-order chi connectivity index (χ0) is 19.7. The fourth-order valence-corrected chi connectivity index (χ4v) is 1.92. The quantitative estimate of drug-likeness (QED) is 0.438. The first-order valence-corrected chi connectivity index (χ1v) is 8.56. The standard InChI is InChI=1S/C15H16O2.CH4O4S.CH2O.Na/c1-15(2,11-3-7-13(16)8-4-11)12-5-9-14(17)10-6-12;2-1-6(3,4)5;1-2;/h3-10,16-17H,1-2H3;2H,1H2,(H,3,4,5);1H2;/q;;;+1/p-1. The molecule has 0 saturated heterocycles. The largest absolute Gasteiger partial charge is 1.00 e. The molecule has 0 aliphatic heterocycles. The van der Waals surface area contributed by atoms with Gasteiger partial charge in [-0.25, -0.2) is 8.42 Å². The van der Waals surface area contributed by atoms with Gasteiger partial charge in [-0.2, -0.15) is 0 Å². The Kier molecular flexibility index (Phi) is 12.4. The Balaban J connectivity index is 0. The Morgan fingerprint density at radius 3 is 1.31 bits per heavy atom. The van der Waals surface area contributed by atoms with Gasteiger partial charge < -0.3 is 24.7 Å². The summed E-state index contributed by atoms with van der Waals surface area (Å²) in [4.78, 5) is 8.00. The van der Waals surface area contributed by atoms with E-state index in [1.54, 1.807) is 24.3 Å². The van der Waals surface area contributed by atoms with Gasteiger partial charge in [0, 0.05) is 5.41 Å². The number of carbonyl (C=O) groups is 1. The van der Waals surface area contributed by atoms with E-state index in [2.05, 4.69) is 13.8 Å². The number of phenolic OH excluding ortho intramolecular Hbond substituents is 2. The summed E-state index contributed by atoms with van der Waals surface area (Å²) in [6.45, 7) is 6.23. The Morgan fingerprint density at radius 2 is 1.12 bits per heavy atom. The van der Waals surface area contributed by atoms with E-state index in [4.69, 9.17) is 9.90 Å². The molecule has 0 aromatic heterocycles. The Bertz CT molecular complexity index is 694. The number of hydrogen-bond acceptors (Lipinski definition) is 7. The van der Waals surface area contributed by atoms with E-state index in [1.807, 2.05) is 31.1 Å². The monoisotopic (exact) mass is 392 g/mol. The van der Waals surface area contributed by atoms with E-state index >= 15 is 0 Å². The van der Waals surface area contributed by atoms with Gasteiger partial charge in [0.05, 0.1) is 0 Å². The average molecular weight is 392 g/mol. The molecule has 0 atom stereocenters. The second kappa shape index (κ2) is 12.1. The summed E-state index contributed by atoms with van der Waals surface area (Å²) in [6, 6.07) is 14.4. The van der Waals surface area contributed by atoms with Crippen LogP contribution >= 0.6 is 0 Å². The van der Waals surface area contributed by atoms with Crippen molar-refractivity contribution in [3.8, 4) is 11.5 Å². The van der Waals surface area contributed by atoms with Crippen LogP contribution in [0.4, 0.5) is 0 Å². The third kappa shape index (κ3) is 9.33. The molecule has 7 nitrogen and oxygen atoms in total. The first-order chi connectivity index (χ1) is 11.6. The first kappa shape index (κ1) is 26.8. The van der Waals surface area contributed by atoms with Crippen molar-refractivity contribution in [1.82, 2.24) is 0 Å². The van der Waals surface area contributed by atoms with Crippen molar-refractivity contribution >= 4 is 16.9 Å². The molecule has 0 saturated carbocycles. The molecule has 26 heavy (non-hydrogen) atoms. The molecule has 3 N–H and O–H groups in total. The molecule has 2 rings (SSSR count). The van der Waals surface area contributed by atoms with E-state index in [0.29, 0.717) is 0 Å². The van der Waals surface area contributed by atoms with Crippen LogP contribution in [-0.2, 0) is 20.3 Å². The zero-order valence-electron chi connectivity index (χ0n) is 14.9. The van der Waals surface area contributed by atoms with Gasteiger partial charge in [0.2, 0.25) is 0 Å². The Hall–Kier alpha value is -1.42. The molecule has 0 bridgehead atoms. The van der Waals surface area contributed by atoms with E-state index in [0.717, 1.165) is 11.1 Å². The number of aliphatic hydroxyl groups is 1.